The van der Waals surface area contributed by atoms with Crippen LogP contribution >= 0.6 is 0 Å². The van der Waals surface area contributed by atoms with E-state index in [1.807, 2.05) is 62.1 Å². The molecule has 0 aromatic heterocycles. The predicted molar refractivity (Wildman–Crippen MR) is 124 cm³/mol. The smallest absolute Gasteiger partial charge is 0.338 e. The van der Waals surface area contributed by atoms with Crippen LogP contribution in [0.25, 0.3) is 11.1 Å². The second-order valence-corrected chi connectivity index (χ2v) is 7.95. The van der Waals surface area contributed by atoms with Crippen molar-refractivity contribution in [3.05, 3.63) is 59.7 Å². The van der Waals surface area contributed by atoms with Crippen LogP contribution in [0.4, 0.5) is 0 Å². The van der Waals surface area contributed by atoms with Crippen molar-refractivity contribution in [3.8, 4) is 11.1 Å². The summed E-state index contributed by atoms with van der Waals surface area (Å²) in [5, 5.41) is 0. The van der Waals surface area contributed by atoms with E-state index in [9.17, 15) is 9.59 Å². The van der Waals surface area contributed by atoms with Gasteiger partial charge >= 0.3 is 5.97 Å². The Morgan fingerprint density at radius 1 is 1.03 bits per heavy atom. The van der Waals surface area contributed by atoms with E-state index in [1.54, 1.807) is 0 Å². The molecular weight excluding hydrogens is 388 g/mol. The van der Waals surface area contributed by atoms with Crippen LogP contribution in [0, 0.1) is 0 Å². The first-order valence-corrected chi connectivity index (χ1v) is 11.5. The van der Waals surface area contributed by atoms with Crippen LogP contribution in [0.1, 0.15) is 56.0 Å². The second-order valence-electron chi connectivity index (χ2n) is 7.95. The van der Waals surface area contributed by atoms with E-state index in [1.165, 1.54) is 0 Å². The number of likely N-dealkylation sites (tertiary alicyclic amines) is 1. The zero-order valence-electron chi connectivity index (χ0n) is 19.0. The van der Waals surface area contributed by atoms with Crippen LogP contribution in [0.3, 0.4) is 0 Å². The van der Waals surface area contributed by atoms with Gasteiger partial charge in [-0.2, -0.15) is 0 Å². The van der Waals surface area contributed by atoms with Crippen molar-refractivity contribution < 1.29 is 14.3 Å². The number of amides is 1. The zero-order valence-corrected chi connectivity index (χ0v) is 19.0. The fourth-order valence-electron chi connectivity index (χ4n) is 4.39. The third-order valence-electron chi connectivity index (χ3n) is 6.05. The molecule has 0 N–H and O–H groups in total. The molecule has 1 unspecified atom stereocenters. The average Bonchev–Trinajstić information content (AvgIpc) is 2.81. The summed E-state index contributed by atoms with van der Waals surface area (Å²) in [6.45, 7) is 9.20. The first kappa shape index (κ1) is 23.0. The molecule has 2 aromatic carbocycles. The second kappa shape index (κ2) is 11.1. The van der Waals surface area contributed by atoms with Crippen molar-refractivity contribution in [2.75, 3.05) is 26.2 Å². The lowest BCUT2D eigenvalue weighted by atomic mass is 9.94. The van der Waals surface area contributed by atoms with E-state index in [2.05, 4.69) is 17.0 Å². The van der Waals surface area contributed by atoms with Crippen molar-refractivity contribution in [1.29, 1.82) is 0 Å². The molecule has 0 spiro atoms. The summed E-state index contributed by atoms with van der Waals surface area (Å²) in [4.78, 5) is 29.8. The number of benzene rings is 2. The third-order valence-corrected chi connectivity index (χ3v) is 6.05. The lowest BCUT2D eigenvalue weighted by molar-refractivity contribution is -0.138. The molecule has 1 aliphatic rings. The summed E-state index contributed by atoms with van der Waals surface area (Å²) < 4.78 is 5.23. The quantitative estimate of drug-likeness (QED) is 0.576. The van der Waals surface area contributed by atoms with Gasteiger partial charge in [0.15, 0.2) is 0 Å². The first-order chi connectivity index (χ1) is 15.1. The SMILES string of the molecule is CCOC(=O)c1ccc(-c2ccccc2)c(CN2CCCCC2C(=O)N(CC)CC)c1. The van der Waals surface area contributed by atoms with E-state index in [4.69, 9.17) is 4.74 Å². The Kier molecular flexibility index (Phi) is 8.24. The number of hydrogen-bond acceptors (Lipinski definition) is 4. The molecule has 1 atom stereocenters. The number of carbonyl (C=O) groups excluding carboxylic acids is 2. The summed E-state index contributed by atoms with van der Waals surface area (Å²) in [7, 11) is 0. The molecule has 1 amide bonds. The van der Waals surface area contributed by atoms with Crippen LogP contribution in [-0.4, -0.2) is 54.0 Å². The van der Waals surface area contributed by atoms with Gasteiger partial charge in [0.2, 0.25) is 5.91 Å². The molecule has 0 radical (unpaired) electrons. The number of nitrogens with zero attached hydrogens (tertiary/aromatic N) is 2. The maximum atomic E-state index is 13.2. The van der Waals surface area contributed by atoms with Gasteiger partial charge in [0.25, 0.3) is 0 Å². The monoisotopic (exact) mass is 422 g/mol. The number of rotatable bonds is 8. The summed E-state index contributed by atoms with van der Waals surface area (Å²) in [6, 6.07) is 15.9. The van der Waals surface area contributed by atoms with Gasteiger partial charge in [-0.15, -0.1) is 0 Å². The summed E-state index contributed by atoms with van der Waals surface area (Å²) >= 11 is 0. The Bertz CT molecular complexity index is 877. The van der Waals surface area contributed by atoms with Crippen LogP contribution in [0.5, 0.6) is 0 Å². The van der Waals surface area contributed by atoms with Gasteiger partial charge in [-0.3, -0.25) is 9.69 Å². The van der Waals surface area contributed by atoms with Gasteiger partial charge < -0.3 is 9.64 Å². The fraction of sp³-hybridized carbons (Fsp3) is 0.462. The van der Waals surface area contributed by atoms with E-state index in [0.29, 0.717) is 18.7 Å². The molecule has 0 saturated carbocycles. The standard InChI is InChI=1S/C26H34N2O3/c1-4-27(5-2)25(29)24-14-10-11-17-28(24)19-22-18-21(26(30)31-6-3)15-16-23(22)20-12-8-7-9-13-20/h7-9,12-13,15-16,18,24H,4-6,10-11,14,17,19H2,1-3H3. The molecule has 1 aliphatic heterocycles. The topological polar surface area (TPSA) is 49.9 Å². The van der Waals surface area contributed by atoms with E-state index in [-0.39, 0.29) is 17.9 Å². The fourth-order valence-corrected chi connectivity index (χ4v) is 4.39. The average molecular weight is 423 g/mol. The number of piperidine rings is 1. The Labute approximate surface area is 186 Å². The Morgan fingerprint density at radius 2 is 1.77 bits per heavy atom. The minimum atomic E-state index is -0.308. The largest absolute Gasteiger partial charge is 0.462 e. The molecule has 3 rings (SSSR count). The molecule has 0 aliphatic carbocycles. The third kappa shape index (κ3) is 5.53. The van der Waals surface area contributed by atoms with Crippen molar-refractivity contribution in [2.24, 2.45) is 0 Å². The molecular formula is C26H34N2O3. The normalized spacial score (nSPS) is 16.7. The number of carbonyl (C=O) groups is 2. The van der Waals surface area contributed by atoms with E-state index in [0.717, 1.165) is 55.6 Å². The van der Waals surface area contributed by atoms with Crippen LogP contribution in [0.15, 0.2) is 48.5 Å². The van der Waals surface area contributed by atoms with Crippen molar-refractivity contribution in [1.82, 2.24) is 9.80 Å². The highest BCUT2D eigenvalue weighted by Gasteiger charge is 2.31. The predicted octanol–water partition coefficient (Wildman–Crippen LogP) is 4.75. The van der Waals surface area contributed by atoms with Gasteiger partial charge in [-0.05, 0) is 69.0 Å². The minimum Gasteiger partial charge on any atom is -0.462 e. The Hall–Kier alpha value is -2.66. The number of esters is 1. The van der Waals surface area contributed by atoms with Gasteiger partial charge in [0.05, 0.1) is 18.2 Å². The molecule has 166 valence electrons. The number of ether oxygens (including phenoxy) is 1. The van der Waals surface area contributed by atoms with Crippen LogP contribution in [0.2, 0.25) is 0 Å². The summed E-state index contributed by atoms with van der Waals surface area (Å²) in [5.41, 5.74) is 3.81. The van der Waals surface area contributed by atoms with Gasteiger partial charge in [0.1, 0.15) is 0 Å². The summed E-state index contributed by atoms with van der Waals surface area (Å²) in [5.74, 6) is -0.0923. The molecule has 1 fully saturated rings. The molecule has 31 heavy (non-hydrogen) atoms. The molecule has 1 heterocycles. The first-order valence-electron chi connectivity index (χ1n) is 11.5. The highest BCUT2D eigenvalue weighted by molar-refractivity contribution is 5.90. The van der Waals surface area contributed by atoms with Crippen molar-refractivity contribution >= 4 is 11.9 Å². The van der Waals surface area contributed by atoms with Gasteiger partial charge in [-0.25, -0.2) is 4.79 Å². The Morgan fingerprint density at radius 3 is 2.45 bits per heavy atom. The maximum Gasteiger partial charge on any atom is 0.338 e. The highest BCUT2D eigenvalue weighted by Crippen LogP contribution is 2.29. The maximum absolute atomic E-state index is 13.2. The van der Waals surface area contributed by atoms with Gasteiger partial charge in [0, 0.05) is 19.6 Å². The van der Waals surface area contributed by atoms with Gasteiger partial charge in [-0.1, -0.05) is 42.8 Å². The molecule has 0 bridgehead atoms. The zero-order chi connectivity index (χ0) is 22.2. The van der Waals surface area contributed by atoms with E-state index >= 15 is 0 Å². The Balaban J connectivity index is 1.95. The lowest BCUT2D eigenvalue weighted by Crippen LogP contribution is -2.50. The molecule has 5 nitrogen and oxygen atoms in total. The minimum absolute atomic E-state index is 0.108. The lowest BCUT2D eigenvalue weighted by Gasteiger charge is -2.37. The number of likely N-dealkylation sites (N-methyl/N-ethyl adjacent to an activating group) is 1. The van der Waals surface area contributed by atoms with E-state index < -0.39 is 0 Å². The van der Waals surface area contributed by atoms with Crippen LogP contribution < -0.4 is 0 Å². The van der Waals surface area contributed by atoms with Crippen molar-refractivity contribution in [3.63, 3.8) is 0 Å². The molecule has 1 saturated heterocycles. The number of hydrogen-bond donors (Lipinski definition) is 0. The van der Waals surface area contributed by atoms with Crippen LogP contribution in [-0.2, 0) is 16.1 Å². The molecule has 5 heteroatoms. The molecule has 2 aromatic rings. The highest BCUT2D eigenvalue weighted by atomic mass is 16.5. The summed E-state index contributed by atoms with van der Waals surface area (Å²) in [6.07, 6.45) is 3.04. The van der Waals surface area contributed by atoms with Crippen molar-refractivity contribution in [2.45, 2.75) is 52.6 Å².